The monoisotopic (exact) mass is 256 g/mol. The zero-order valence-corrected chi connectivity index (χ0v) is 10.6. The second-order valence-corrected chi connectivity index (χ2v) is 5.40. The lowest BCUT2D eigenvalue weighted by Crippen LogP contribution is -2.32. The van der Waals surface area contributed by atoms with E-state index in [0.717, 1.165) is 0 Å². The maximum atomic E-state index is 11.7. The molecule has 4 N–H and O–H groups in total. The maximum absolute atomic E-state index is 11.7. The lowest BCUT2D eigenvalue weighted by molar-refractivity contribution is 0.0954. The van der Waals surface area contributed by atoms with Crippen molar-refractivity contribution in [2.75, 3.05) is 18.2 Å². The third kappa shape index (κ3) is 4.12. The highest BCUT2D eigenvalue weighted by Gasteiger charge is 2.10. The van der Waals surface area contributed by atoms with Crippen LogP contribution in [0.15, 0.2) is 18.3 Å². The van der Waals surface area contributed by atoms with Crippen LogP contribution in [0.2, 0.25) is 0 Å². The fourth-order valence-corrected chi connectivity index (χ4v) is 1.42. The molecule has 1 amide bonds. The van der Waals surface area contributed by atoms with Crippen molar-refractivity contribution in [3.05, 3.63) is 23.9 Å². The predicted octanol–water partition coefficient (Wildman–Crippen LogP) is -0.136. The number of hydrogen-bond acceptors (Lipinski definition) is 5. The summed E-state index contributed by atoms with van der Waals surface area (Å²) in [5.74, 6) is 5.38. The zero-order chi connectivity index (χ0) is 12.8. The van der Waals surface area contributed by atoms with Crippen LogP contribution in [0.25, 0.3) is 0 Å². The number of hydrazine groups is 1. The van der Waals surface area contributed by atoms with Gasteiger partial charge in [0.1, 0.15) is 5.82 Å². The van der Waals surface area contributed by atoms with Crippen LogP contribution in [0.4, 0.5) is 5.82 Å². The molecule has 2 unspecified atom stereocenters. The van der Waals surface area contributed by atoms with Crippen LogP contribution >= 0.6 is 0 Å². The number of aromatic nitrogens is 1. The summed E-state index contributed by atoms with van der Waals surface area (Å²) in [6, 6.07) is 3.13. The molecule has 0 aromatic carbocycles. The smallest absolute Gasteiger partial charge is 0.251 e. The standard InChI is InChI=1S/C10H16N4O2S/c1-7(17(2)16)6-13-10(15)8-3-4-12-9(5-8)14-11/h3-5,7H,6,11H2,1-2H3,(H,12,14)(H,13,15). The fourth-order valence-electron chi connectivity index (χ4n) is 1.11. The Kier molecular flexibility index (Phi) is 5.05. The van der Waals surface area contributed by atoms with Crippen molar-refractivity contribution in [1.82, 2.24) is 10.3 Å². The molecule has 0 aliphatic rings. The summed E-state index contributed by atoms with van der Waals surface area (Å²) >= 11 is 0. The molecule has 17 heavy (non-hydrogen) atoms. The van der Waals surface area contributed by atoms with E-state index in [-0.39, 0.29) is 11.2 Å². The molecule has 0 saturated heterocycles. The van der Waals surface area contributed by atoms with Gasteiger partial charge in [-0.2, -0.15) is 0 Å². The summed E-state index contributed by atoms with van der Waals surface area (Å²) in [5.41, 5.74) is 2.83. The Labute approximate surface area is 102 Å². The highest BCUT2D eigenvalue weighted by atomic mass is 32.2. The van der Waals surface area contributed by atoms with Gasteiger partial charge in [-0.15, -0.1) is 0 Å². The van der Waals surface area contributed by atoms with E-state index in [4.69, 9.17) is 5.84 Å². The normalized spacial score (nSPS) is 13.8. The van der Waals surface area contributed by atoms with Gasteiger partial charge in [-0.25, -0.2) is 10.8 Å². The fraction of sp³-hybridized carbons (Fsp3) is 0.400. The van der Waals surface area contributed by atoms with Crippen molar-refractivity contribution in [3.63, 3.8) is 0 Å². The van der Waals surface area contributed by atoms with Crippen molar-refractivity contribution in [2.45, 2.75) is 12.2 Å². The Hall–Kier alpha value is -1.47. The summed E-state index contributed by atoms with van der Waals surface area (Å²) in [4.78, 5) is 15.6. The van der Waals surface area contributed by atoms with Crippen LogP contribution in [0.1, 0.15) is 17.3 Å². The van der Waals surface area contributed by atoms with Gasteiger partial charge in [0.2, 0.25) is 0 Å². The van der Waals surface area contributed by atoms with Gasteiger partial charge < -0.3 is 10.7 Å². The average Bonchev–Trinajstić information content (AvgIpc) is 2.35. The van der Waals surface area contributed by atoms with Gasteiger partial charge in [0.05, 0.1) is 0 Å². The number of nitrogens with zero attached hydrogens (tertiary/aromatic N) is 1. The van der Waals surface area contributed by atoms with Gasteiger partial charge in [-0.1, -0.05) is 0 Å². The van der Waals surface area contributed by atoms with E-state index >= 15 is 0 Å². The number of carbonyl (C=O) groups is 1. The first-order chi connectivity index (χ1) is 8.04. The van der Waals surface area contributed by atoms with Crippen LogP contribution in [0.5, 0.6) is 0 Å². The average molecular weight is 256 g/mol. The highest BCUT2D eigenvalue weighted by Crippen LogP contribution is 2.05. The lowest BCUT2D eigenvalue weighted by Gasteiger charge is -2.10. The summed E-state index contributed by atoms with van der Waals surface area (Å²) in [5, 5.41) is 2.63. The second-order valence-electron chi connectivity index (χ2n) is 3.59. The van der Waals surface area contributed by atoms with E-state index in [2.05, 4.69) is 15.7 Å². The Bertz CT molecular complexity index is 425. The number of pyridine rings is 1. The number of hydrogen-bond donors (Lipinski definition) is 3. The summed E-state index contributed by atoms with van der Waals surface area (Å²) in [7, 11) is -0.949. The molecule has 1 rings (SSSR count). The number of nitrogens with two attached hydrogens (primary N) is 1. The van der Waals surface area contributed by atoms with E-state index in [1.807, 2.05) is 6.92 Å². The minimum absolute atomic E-state index is 0.0760. The first kappa shape index (κ1) is 13.6. The largest absolute Gasteiger partial charge is 0.351 e. The molecule has 0 saturated carbocycles. The van der Waals surface area contributed by atoms with Gasteiger partial charge in [0.15, 0.2) is 0 Å². The molecule has 7 heteroatoms. The number of nitrogens with one attached hydrogen (secondary N) is 2. The minimum atomic E-state index is -0.949. The van der Waals surface area contributed by atoms with E-state index in [1.165, 1.54) is 6.20 Å². The van der Waals surface area contributed by atoms with Gasteiger partial charge >= 0.3 is 0 Å². The van der Waals surface area contributed by atoms with Crippen LogP contribution in [-0.2, 0) is 10.8 Å². The van der Waals surface area contributed by atoms with Crippen molar-refractivity contribution < 1.29 is 9.00 Å². The number of rotatable bonds is 5. The molecule has 0 fully saturated rings. The summed E-state index contributed by atoms with van der Waals surface area (Å²) in [6.45, 7) is 2.19. The highest BCUT2D eigenvalue weighted by molar-refractivity contribution is 7.84. The molecule has 6 nitrogen and oxygen atoms in total. The first-order valence-electron chi connectivity index (χ1n) is 5.07. The Morgan fingerprint density at radius 1 is 1.65 bits per heavy atom. The molecule has 1 heterocycles. The maximum Gasteiger partial charge on any atom is 0.251 e. The molecule has 94 valence electrons. The first-order valence-corrected chi connectivity index (χ1v) is 6.69. The summed E-state index contributed by atoms with van der Waals surface area (Å²) in [6.07, 6.45) is 3.10. The van der Waals surface area contributed by atoms with Gasteiger partial charge in [0, 0.05) is 40.6 Å². The topological polar surface area (TPSA) is 97.1 Å². The Morgan fingerprint density at radius 2 is 2.35 bits per heavy atom. The quantitative estimate of drug-likeness (QED) is 0.503. The Morgan fingerprint density at radius 3 is 2.94 bits per heavy atom. The molecular formula is C10H16N4O2S. The van der Waals surface area contributed by atoms with Crippen LogP contribution in [-0.4, -0.2) is 33.2 Å². The van der Waals surface area contributed by atoms with Crippen molar-refractivity contribution >= 4 is 22.5 Å². The van der Waals surface area contributed by atoms with Crippen LogP contribution in [0, 0.1) is 0 Å². The number of nitrogen functional groups attached to an aromatic ring is 1. The third-order valence-electron chi connectivity index (χ3n) is 2.29. The number of amides is 1. The second kappa shape index (κ2) is 6.31. The van der Waals surface area contributed by atoms with Crippen molar-refractivity contribution in [1.29, 1.82) is 0 Å². The molecule has 0 bridgehead atoms. The molecule has 0 aliphatic carbocycles. The molecule has 1 aromatic heterocycles. The van der Waals surface area contributed by atoms with Crippen LogP contribution in [0.3, 0.4) is 0 Å². The van der Waals surface area contributed by atoms with E-state index in [9.17, 15) is 9.00 Å². The van der Waals surface area contributed by atoms with Crippen LogP contribution < -0.4 is 16.6 Å². The molecule has 1 aromatic rings. The molecular weight excluding hydrogens is 240 g/mol. The lowest BCUT2D eigenvalue weighted by atomic mass is 10.2. The molecule has 0 radical (unpaired) electrons. The minimum Gasteiger partial charge on any atom is -0.351 e. The van der Waals surface area contributed by atoms with Gasteiger partial charge in [-0.05, 0) is 19.1 Å². The van der Waals surface area contributed by atoms with Gasteiger partial charge in [-0.3, -0.25) is 9.00 Å². The van der Waals surface area contributed by atoms with E-state index < -0.39 is 10.8 Å². The van der Waals surface area contributed by atoms with E-state index in [0.29, 0.717) is 17.9 Å². The summed E-state index contributed by atoms with van der Waals surface area (Å²) < 4.78 is 11.1. The van der Waals surface area contributed by atoms with Crippen molar-refractivity contribution in [2.24, 2.45) is 5.84 Å². The van der Waals surface area contributed by atoms with E-state index in [1.54, 1.807) is 18.4 Å². The number of anilines is 1. The predicted molar refractivity (Wildman–Crippen MR) is 67.9 cm³/mol. The molecule has 0 aliphatic heterocycles. The van der Waals surface area contributed by atoms with Gasteiger partial charge in [0.25, 0.3) is 5.91 Å². The SMILES string of the molecule is CC(CNC(=O)c1ccnc(NN)c1)S(C)=O. The molecule has 0 spiro atoms. The number of carbonyl (C=O) groups excluding carboxylic acids is 1. The zero-order valence-electron chi connectivity index (χ0n) is 9.77. The molecule has 2 atom stereocenters. The third-order valence-corrected chi connectivity index (χ3v) is 3.59. The van der Waals surface area contributed by atoms with Crippen molar-refractivity contribution in [3.8, 4) is 0 Å². The Balaban J connectivity index is 2.60.